The number of carbonyl (C=O) groups is 1. The van der Waals surface area contributed by atoms with Gasteiger partial charge in [0, 0.05) is 30.0 Å². The fraction of sp³-hybridized carbons (Fsp3) is 0.500. The van der Waals surface area contributed by atoms with Crippen LogP contribution in [-0.2, 0) is 4.79 Å². The smallest absolute Gasteiger partial charge is 0.246 e. The molecule has 1 aliphatic carbocycles. The summed E-state index contributed by atoms with van der Waals surface area (Å²) in [5, 5.41) is 9.85. The molecular weight excluding hydrogens is 326 g/mol. The molecule has 1 aliphatic heterocycles. The Bertz CT molecular complexity index is 513. The van der Waals surface area contributed by atoms with Crippen molar-refractivity contribution in [2.45, 2.75) is 18.9 Å². The van der Waals surface area contributed by atoms with Crippen molar-refractivity contribution in [2.75, 3.05) is 13.1 Å². The van der Waals surface area contributed by atoms with E-state index in [1.807, 2.05) is 23.1 Å². The third-order valence-electron chi connectivity index (χ3n) is 4.11. The molecule has 5 heteroatoms. The fourth-order valence-corrected chi connectivity index (χ4v) is 4.42. The van der Waals surface area contributed by atoms with Crippen molar-refractivity contribution in [3.8, 4) is 0 Å². The van der Waals surface area contributed by atoms with E-state index in [1.165, 1.54) is 0 Å². The van der Waals surface area contributed by atoms with Gasteiger partial charge in [0.05, 0.1) is 9.89 Å². The number of hydrogen-bond donors (Lipinski definition) is 1. The Morgan fingerprint density at radius 3 is 2.95 bits per heavy atom. The van der Waals surface area contributed by atoms with Gasteiger partial charge < -0.3 is 10.0 Å². The molecule has 102 valence electrons. The topological polar surface area (TPSA) is 40.5 Å². The first-order valence-corrected chi connectivity index (χ1v) is 8.15. The van der Waals surface area contributed by atoms with Crippen molar-refractivity contribution in [2.24, 2.45) is 11.8 Å². The van der Waals surface area contributed by atoms with Crippen LogP contribution in [0.2, 0.25) is 0 Å². The molecule has 1 N–H and O–H groups in total. The minimum atomic E-state index is -0.208. The molecule has 19 heavy (non-hydrogen) atoms. The highest BCUT2D eigenvalue weighted by Gasteiger charge is 2.42. The largest absolute Gasteiger partial charge is 0.393 e. The Hall–Kier alpha value is -0.650. The summed E-state index contributed by atoms with van der Waals surface area (Å²) in [6.45, 7) is 1.52. The zero-order valence-corrected chi connectivity index (χ0v) is 12.9. The van der Waals surface area contributed by atoms with Gasteiger partial charge in [-0.25, -0.2) is 0 Å². The quantitative estimate of drug-likeness (QED) is 0.840. The van der Waals surface area contributed by atoms with Crippen LogP contribution in [0.3, 0.4) is 0 Å². The summed E-state index contributed by atoms with van der Waals surface area (Å²) in [5.41, 5.74) is 0. The monoisotopic (exact) mass is 341 g/mol. The number of amides is 1. The van der Waals surface area contributed by atoms with E-state index in [2.05, 4.69) is 15.9 Å². The first-order valence-electron chi connectivity index (χ1n) is 6.54. The number of rotatable bonds is 2. The van der Waals surface area contributed by atoms with Crippen LogP contribution in [0.4, 0.5) is 0 Å². The molecule has 3 nitrogen and oxygen atoms in total. The molecule has 1 amide bonds. The zero-order valence-electron chi connectivity index (χ0n) is 10.5. The van der Waals surface area contributed by atoms with Gasteiger partial charge in [-0.3, -0.25) is 4.79 Å². The molecule has 0 spiro atoms. The Balaban J connectivity index is 1.61. The van der Waals surface area contributed by atoms with Crippen molar-refractivity contribution in [1.82, 2.24) is 4.90 Å². The maximum atomic E-state index is 12.1. The van der Waals surface area contributed by atoms with Crippen molar-refractivity contribution < 1.29 is 9.90 Å². The van der Waals surface area contributed by atoms with E-state index in [-0.39, 0.29) is 12.0 Å². The third-order valence-corrected chi connectivity index (χ3v) is 5.70. The van der Waals surface area contributed by atoms with Gasteiger partial charge in [0.25, 0.3) is 0 Å². The van der Waals surface area contributed by atoms with Crippen LogP contribution in [0, 0.1) is 11.8 Å². The highest BCUT2D eigenvalue weighted by molar-refractivity contribution is 9.11. The number of likely N-dealkylation sites (tertiary alicyclic amines) is 1. The van der Waals surface area contributed by atoms with E-state index in [9.17, 15) is 9.90 Å². The van der Waals surface area contributed by atoms with Gasteiger partial charge in [-0.1, -0.05) is 0 Å². The van der Waals surface area contributed by atoms with Gasteiger partial charge in [0.15, 0.2) is 0 Å². The predicted molar refractivity (Wildman–Crippen MR) is 79.9 cm³/mol. The summed E-state index contributed by atoms with van der Waals surface area (Å²) < 4.78 is 1.07. The van der Waals surface area contributed by atoms with Crippen LogP contribution >= 0.6 is 27.3 Å². The summed E-state index contributed by atoms with van der Waals surface area (Å²) in [7, 11) is 0. The van der Waals surface area contributed by atoms with Gasteiger partial charge in [0.2, 0.25) is 5.91 Å². The number of halogens is 1. The first kappa shape index (κ1) is 13.3. The molecule has 0 aromatic carbocycles. The van der Waals surface area contributed by atoms with E-state index >= 15 is 0 Å². The number of aliphatic hydroxyl groups excluding tert-OH is 1. The summed E-state index contributed by atoms with van der Waals surface area (Å²) in [5.74, 6) is 0.864. The van der Waals surface area contributed by atoms with Crippen molar-refractivity contribution in [1.29, 1.82) is 0 Å². The molecular formula is C14H16BrNO2S. The number of carbonyl (C=O) groups excluding carboxylic acids is 1. The molecule has 0 radical (unpaired) electrons. The van der Waals surface area contributed by atoms with Crippen LogP contribution in [0.1, 0.15) is 17.7 Å². The first-order chi connectivity index (χ1) is 9.13. The fourth-order valence-electron chi connectivity index (χ4n) is 3.09. The highest BCUT2D eigenvalue weighted by Crippen LogP contribution is 2.38. The minimum absolute atomic E-state index is 0.0612. The molecule has 3 rings (SSSR count). The number of aliphatic hydroxyl groups is 1. The lowest BCUT2D eigenvalue weighted by Gasteiger charge is -2.16. The summed E-state index contributed by atoms with van der Waals surface area (Å²) in [4.78, 5) is 15.1. The van der Waals surface area contributed by atoms with Crippen LogP contribution in [-0.4, -0.2) is 35.1 Å². The Labute approximate surface area is 125 Å². The molecule has 1 saturated carbocycles. The summed E-state index contributed by atoms with van der Waals surface area (Å²) >= 11 is 5.01. The van der Waals surface area contributed by atoms with Gasteiger partial charge in [-0.2, -0.15) is 0 Å². The molecule has 2 fully saturated rings. The van der Waals surface area contributed by atoms with E-state index in [0.29, 0.717) is 18.4 Å². The van der Waals surface area contributed by atoms with E-state index in [0.717, 1.165) is 28.0 Å². The van der Waals surface area contributed by atoms with Crippen LogP contribution in [0.15, 0.2) is 22.0 Å². The standard InChI is InChI=1S/C14H16BrNO2S/c15-13-5-2-10(19-13)3-6-14(18)16-7-9-1-4-12(17)11(9)8-16/h2-3,5-6,9,11-12,17H,1,4,7-8H2/b6-3+. The van der Waals surface area contributed by atoms with Gasteiger partial charge >= 0.3 is 0 Å². The van der Waals surface area contributed by atoms with Crippen molar-refractivity contribution in [3.05, 3.63) is 26.9 Å². The Kier molecular flexibility index (Phi) is 3.78. The second kappa shape index (κ2) is 5.38. The molecule has 3 atom stereocenters. The number of fused-ring (bicyclic) bond motifs is 1. The summed E-state index contributed by atoms with van der Waals surface area (Å²) in [6.07, 6.45) is 5.25. The second-order valence-corrected chi connectivity index (χ2v) is 7.78. The van der Waals surface area contributed by atoms with E-state index < -0.39 is 0 Å². The maximum absolute atomic E-state index is 12.1. The molecule has 2 heterocycles. The lowest BCUT2D eigenvalue weighted by molar-refractivity contribution is -0.125. The van der Waals surface area contributed by atoms with E-state index in [1.54, 1.807) is 17.4 Å². The molecule has 0 bridgehead atoms. The molecule has 1 aromatic rings. The van der Waals surface area contributed by atoms with Crippen LogP contribution in [0.25, 0.3) is 6.08 Å². The van der Waals surface area contributed by atoms with E-state index in [4.69, 9.17) is 0 Å². The molecule has 3 unspecified atom stereocenters. The summed E-state index contributed by atoms with van der Waals surface area (Å²) in [6, 6.07) is 3.96. The second-order valence-electron chi connectivity index (χ2n) is 5.29. The predicted octanol–water partition coefficient (Wildman–Crippen LogP) is 2.75. The molecule has 2 aliphatic rings. The van der Waals surface area contributed by atoms with Crippen molar-refractivity contribution >= 4 is 39.2 Å². The lowest BCUT2D eigenvalue weighted by atomic mass is 10.00. The lowest BCUT2D eigenvalue weighted by Crippen LogP contribution is -2.29. The van der Waals surface area contributed by atoms with Gasteiger partial charge in [-0.15, -0.1) is 11.3 Å². The minimum Gasteiger partial charge on any atom is -0.393 e. The normalized spacial score (nSPS) is 30.2. The number of nitrogens with zero attached hydrogens (tertiary/aromatic N) is 1. The Morgan fingerprint density at radius 2 is 2.26 bits per heavy atom. The van der Waals surface area contributed by atoms with Gasteiger partial charge in [-0.05, 0) is 52.9 Å². The average molecular weight is 342 g/mol. The van der Waals surface area contributed by atoms with Crippen LogP contribution < -0.4 is 0 Å². The van der Waals surface area contributed by atoms with Crippen LogP contribution in [0.5, 0.6) is 0 Å². The third kappa shape index (κ3) is 2.78. The maximum Gasteiger partial charge on any atom is 0.246 e. The highest BCUT2D eigenvalue weighted by atomic mass is 79.9. The average Bonchev–Trinajstić information content (AvgIpc) is 3.05. The van der Waals surface area contributed by atoms with Gasteiger partial charge in [0.1, 0.15) is 0 Å². The number of thiophene rings is 1. The Morgan fingerprint density at radius 1 is 1.42 bits per heavy atom. The zero-order chi connectivity index (χ0) is 13.4. The SMILES string of the molecule is O=C(/C=C/c1ccc(Br)s1)N1CC2CCC(O)C2C1. The molecule has 1 aromatic heterocycles. The number of hydrogen-bond acceptors (Lipinski definition) is 3. The van der Waals surface area contributed by atoms with Crippen molar-refractivity contribution in [3.63, 3.8) is 0 Å². The molecule has 1 saturated heterocycles.